The molecule has 0 spiro atoms. The summed E-state index contributed by atoms with van der Waals surface area (Å²) >= 11 is 0. The van der Waals surface area contributed by atoms with E-state index in [-0.39, 0.29) is 17.2 Å². The van der Waals surface area contributed by atoms with Crippen molar-refractivity contribution in [3.05, 3.63) is 0 Å². The molecule has 1 heterocycles. The van der Waals surface area contributed by atoms with Crippen molar-refractivity contribution in [3.63, 3.8) is 0 Å². The number of carbonyl (C=O) groups excluding carboxylic acids is 2. The molecule has 4 nitrogen and oxygen atoms in total. The molecule has 0 aromatic heterocycles. The molecule has 0 saturated carbocycles. The van der Waals surface area contributed by atoms with Crippen molar-refractivity contribution in [2.45, 2.75) is 207 Å². The molecule has 240 valence electrons. The Labute approximate surface area is 256 Å². The van der Waals surface area contributed by atoms with Crippen molar-refractivity contribution in [2.75, 3.05) is 6.54 Å². The highest BCUT2D eigenvalue weighted by Gasteiger charge is 2.35. The Morgan fingerprint density at radius 3 is 1.49 bits per heavy atom. The fourth-order valence-corrected chi connectivity index (χ4v) is 6.34. The number of hydrogen-bond acceptors (Lipinski definition) is 4. The van der Waals surface area contributed by atoms with E-state index >= 15 is 0 Å². The summed E-state index contributed by atoms with van der Waals surface area (Å²) < 4.78 is 0. The summed E-state index contributed by atoms with van der Waals surface area (Å²) in [5.41, 5.74) is -0.258. The molecule has 2 atom stereocenters. The van der Waals surface area contributed by atoms with E-state index < -0.39 is 0 Å². The van der Waals surface area contributed by atoms with E-state index in [1.165, 1.54) is 141 Å². The van der Waals surface area contributed by atoms with Crippen LogP contribution in [0, 0.1) is 5.41 Å². The van der Waals surface area contributed by atoms with Gasteiger partial charge in [-0.2, -0.15) is 0 Å². The zero-order valence-electron chi connectivity index (χ0n) is 27.9. The van der Waals surface area contributed by atoms with Crippen molar-refractivity contribution in [1.29, 1.82) is 0 Å². The number of Topliss-reactive ketones (excluding diaryl/α,β-unsaturated/α-hetero) is 1. The third-order valence-corrected chi connectivity index (χ3v) is 9.33. The first kappa shape index (κ1) is 37.8. The van der Waals surface area contributed by atoms with E-state index in [0.29, 0.717) is 19.4 Å². The number of unbranched alkanes of at least 4 members (excludes halogenated alkanes) is 23. The molecule has 0 aromatic carbocycles. The van der Waals surface area contributed by atoms with Crippen LogP contribution in [0.5, 0.6) is 0 Å². The molecular formula is C37H70N2O2. The van der Waals surface area contributed by atoms with Crippen LogP contribution in [0.3, 0.4) is 0 Å². The second-order valence-corrected chi connectivity index (χ2v) is 13.4. The van der Waals surface area contributed by atoms with Crippen molar-refractivity contribution in [2.24, 2.45) is 10.4 Å². The van der Waals surface area contributed by atoms with Crippen molar-refractivity contribution in [1.82, 2.24) is 5.32 Å². The van der Waals surface area contributed by atoms with Crippen LogP contribution >= 0.6 is 0 Å². The summed E-state index contributed by atoms with van der Waals surface area (Å²) in [5, 5.41) is 3.42. The van der Waals surface area contributed by atoms with Crippen molar-refractivity contribution >= 4 is 17.9 Å². The molecule has 2 unspecified atom stereocenters. The van der Waals surface area contributed by atoms with Gasteiger partial charge in [0.1, 0.15) is 18.2 Å². The maximum absolute atomic E-state index is 12.8. The third-order valence-electron chi connectivity index (χ3n) is 9.33. The number of aldehydes is 1. The molecule has 0 fully saturated rings. The number of nitrogens with zero attached hydrogens (tertiary/aromatic N) is 1. The van der Waals surface area contributed by atoms with E-state index in [2.05, 4.69) is 26.1 Å². The number of carbonyl (C=O) groups is 2. The van der Waals surface area contributed by atoms with E-state index in [4.69, 9.17) is 4.99 Å². The molecule has 1 aliphatic rings. The van der Waals surface area contributed by atoms with Gasteiger partial charge in [-0.15, -0.1) is 0 Å². The minimum absolute atomic E-state index is 0.254. The highest BCUT2D eigenvalue weighted by molar-refractivity contribution is 5.96. The summed E-state index contributed by atoms with van der Waals surface area (Å²) in [4.78, 5) is 29.2. The van der Waals surface area contributed by atoms with E-state index in [1.807, 2.05) is 0 Å². The van der Waals surface area contributed by atoms with Gasteiger partial charge in [0.05, 0.1) is 0 Å². The van der Waals surface area contributed by atoms with Crippen LogP contribution in [-0.4, -0.2) is 30.5 Å². The van der Waals surface area contributed by atoms with Gasteiger partial charge in [0, 0.05) is 24.8 Å². The molecule has 1 aliphatic heterocycles. The predicted molar refractivity (Wildman–Crippen MR) is 179 cm³/mol. The summed E-state index contributed by atoms with van der Waals surface area (Å²) in [6.45, 7) is 7.32. The van der Waals surface area contributed by atoms with E-state index in [0.717, 1.165) is 37.8 Å². The molecule has 41 heavy (non-hydrogen) atoms. The Kier molecular flexibility index (Phi) is 24.4. The lowest BCUT2D eigenvalue weighted by Gasteiger charge is -2.28. The van der Waals surface area contributed by atoms with Crippen LogP contribution < -0.4 is 5.32 Å². The maximum atomic E-state index is 12.8. The average Bonchev–Trinajstić information content (AvgIpc) is 3.48. The molecule has 0 amide bonds. The average molecular weight is 575 g/mol. The second-order valence-electron chi connectivity index (χ2n) is 13.4. The van der Waals surface area contributed by atoms with Gasteiger partial charge in [0.15, 0.2) is 5.78 Å². The number of amidine groups is 1. The Bertz CT molecular complexity index is 661. The minimum atomic E-state index is -0.258. The van der Waals surface area contributed by atoms with Crippen molar-refractivity contribution in [3.8, 4) is 0 Å². The topological polar surface area (TPSA) is 58.5 Å². The van der Waals surface area contributed by atoms with Gasteiger partial charge < -0.3 is 10.1 Å². The van der Waals surface area contributed by atoms with Gasteiger partial charge in [-0.25, -0.2) is 0 Å². The third kappa shape index (κ3) is 19.6. The van der Waals surface area contributed by atoms with Crippen LogP contribution in [0.1, 0.15) is 201 Å². The SMILES string of the molecule is CCCCCCCCCCCCCCCCCC(=O)C1CNC(C(C)(CC=O)CCCCCCCCCCCC)=N1. The molecule has 0 aliphatic carbocycles. The van der Waals surface area contributed by atoms with E-state index in [9.17, 15) is 9.59 Å². The summed E-state index contributed by atoms with van der Waals surface area (Å²) in [6, 6.07) is -0.254. The lowest BCUT2D eigenvalue weighted by Crippen LogP contribution is -2.37. The fraction of sp³-hybridized carbons (Fsp3) is 0.919. The van der Waals surface area contributed by atoms with E-state index in [1.54, 1.807) is 0 Å². The van der Waals surface area contributed by atoms with Gasteiger partial charge >= 0.3 is 0 Å². The van der Waals surface area contributed by atoms with Gasteiger partial charge in [-0.1, -0.05) is 175 Å². The molecule has 0 aromatic rings. The highest BCUT2D eigenvalue weighted by atomic mass is 16.1. The highest BCUT2D eigenvalue weighted by Crippen LogP contribution is 2.31. The molecule has 1 N–H and O–H groups in total. The number of aliphatic imine (C=N–C) groups is 1. The number of hydrogen-bond donors (Lipinski definition) is 1. The Balaban J connectivity index is 2.13. The molecular weight excluding hydrogens is 504 g/mol. The lowest BCUT2D eigenvalue weighted by molar-refractivity contribution is -0.120. The summed E-state index contributed by atoms with van der Waals surface area (Å²) in [5.74, 6) is 1.17. The summed E-state index contributed by atoms with van der Waals surface area (Å²) in [7, 11) is 0. The van der Waals surface area contributed by atoms with Gasteiger partial charge in [0.2, 0.25) is 0 Å². The van der Waals surface area contributed by atoms with Gasteiger partial charge in [-0.3, -0.25) is 9.79 Å². The van der Waals surface area contributed by atoms with Crippen LogP contribution in [0.4, 0.5) is 0 Å². The minimum Gasteiger partial charge on any atom is -0.371 e. The standard InChI is InChI=1S/C37H70N2O2/c1-4-6-8-10-12-14-16-17-18-19-20-21-23-25-27-29-35(41)34-33-38-36(39-34)37(3,31-32-40)30-28-26-24-22-15-13-11-9-7-5-2/h32,34H,4-31,33H2,1-3H3,(H,38,39). The van der Waals surface area contributed by atoms with Crippen molar-refractivity contribution < 1.29 is 9.59 Å². The molecule has 1 rings (SSSR count). The number of ketones is 1. The van der Waals surface area contributed by atoms with Gasteiger partial charge in [0.25, 0.3) is 0 Å². The second kappa shape index (κ2) is 26.4. The zero-order chi connectivity index (χ0) is 29.9. The zero-order valence-corrected chi connectivity index (χ0v) is 27.9. The fourth-order valence-electron chi connectivity index (χ4n) is 6.34. The lowest BCUT2D eigenvalue weighted by atomic mass is 9.80. The Morgan fingerprint density at radius 2 is 1.07 bits per heavy atom. The first-order valence-electron chi connectivity index (χ1n) is 18.4. The predicted octanol–water partition coefficient (Wildman–Crippen LogP) is 11.1. The first-order chi connectivity index (χ1) is 20.1. The summed E-state index contributed by atoms with van der Waals surface area (Å²) in [6.07, 6.45) is 36.4. The molecule has 4 heteroatoms. The number of rotatable bonds is 31. The monoisotopic (exact) mass is 575 g/mol. The van der Waals surface area contributed by atoms with Crippen LogP contribution in [0.15, 0.2) is 4.99 Å². The smallest absolute Gasteiger partial charge is 0.159 e. The molecule has 0 bridgehead atoms. The van der Waals surface area contributed by atoms with Crippen LogP contribution in [0.25, 0.3) is 0 Å². The Hall–Kier alpha value is -1.19. The van der Waals surface area contributed by atoms with Crippen LogP contribution in [0.2, 0.25) is 0 Å². The van der Waals surface area contributed by atoms with Gasteiger partial charge in [-0.05, 0) is 12.8 Å². The maximum Gasteiger partial charge on any atom is 0.159 e. The quantitative estimate of drug-likeness (QED) is 0.0661. The number of nitrogens with one attached hydrogen (secondary N) is 1. The first-order valence-corrected chi connectivity index (χ1v) is 18.4. The normalized spacial score (nSPS) is 16.4. The molecule has 0 radical (unpaired) electrons. The largest absolute Gasteiger partial charge is 0.371 e. The molecule has 0 saturated heterocycles. The van der Waals surface area contributed by atoms with Crippen LogP contribution in [-0.2, 0) is 9.59 Å². The Morgan fingerprint density at radius 1 is 0.683 bits per heavy atom.